The second-order valence-electron chi connectivity index (χ2n) is 7.02. The third kappa shape index (κ3) is 7.09. The van der Waals surface area contributed by atoms with Crippen molar-refractivity contribution in [1.29, 1.82) is 0 Å². The first-order valence-electron chi connectivity index (χ1n) is 9.87. The number of halogens is 3. The number of nitrogens with zero attached hydrogens (tertiary/aromatic N) is 1. The highest BCUT2D eigenvalue weighted by Gasteiger charge is 2.16. The molecule has 7 nitrogen and oxygen atoms in total. The van der Waals surface area contributed by atoms with E-state index in [1.807, 2.05) is 13.0 Å². The molecule has 0 atom stereocenters. The predicted molar refractivity (Wildman–Crippen MR) is 140 cm³/mol. The van der Waals surface area contributed by atoms with Gasteiger partial charge in [0.05, 0.1) is 28.4 Å². The monoisotopic (exact) mass is 649 g/mol. The summed E-state index contributed by atoms with van der Waals surface area (Å²) >= 11 is 10.1. The molecule has 0 aliphatic rings. The van der Waals surface area contributed by atoms with Crippen LogP contribution < -0.4 is 15.5 Å². The highest BCUT2D eigenvalue weighted by Crippen LogP contribution is 2.32. The molecule has 0 saturated heterocycles. The lowest BCUT2D eigenvalue weighted by atomic mass is 10.1. The van der Waals surface area contributed by atoms with Crippen LogP contribution in [0.4, 0.5) is 0 Å². The second kappa shape index (κ2) is 12.0. The van der Waals surface area contributed by atoms with Gasteiger partial charge in [-0.2, -0.15) is 5.10 Å². The van der Waals surface area contributed by atoms with Crippen molar-refractivity contribution in [3.8, 4) is 5.75 Å². The minimum Gasteiger partial charge on any atom is -0.421 e. The molecule has 0 heterocycles. The maximum Gasteiger partial charge on any atom is 0.343 e. The Labute approximate surface area is 221 Å². The fraction of sp³-hybridized carbons (Fsp3) is 0.0833. The molecule has 34 heavy (non-hydrogen) atoms. The minimum atomic E-state index is -0.528. The number of esters is 1. The molecule has 0 saturated carbocycles. The molecule has 3 aromatic rings. The van der Waals surface area contributed by atoms with E-state index in [9.17, 15) is 14.4 Å². The smallest absolute Gasteiger partial charge is 0.343 e. The number of carbonyl (C=O) groups excluding carboxylic acids is 3. The summed E-state index contributed by atoms with van der Waals surface area (Å²) < 4.78 is 7.46. The van der Waals surface area contributed by atoms with Gasteiger partial charge in [-0.25, -0.2) is 10.2 Å². The molecule has 0 fully saturated rings. The first-order valence-corrected chi connectivity index (χ1v) is 12.2. The van der Waals surface area contributed by atoms with E-state index in [4.69, 9.17) is 4.74 Å². The number of carbonyl (C=O) groups is 3. The Balaban J connectivity index is 1.66. The van der Waals surface area contributed by atoms with Crippen LogP contribution in [0.1, 0.15) is 31.8 Å². The number of aryl methyl sites for hydroxylation is 1. The standard InChI is InChI=1S/C24H18Br3N3O4/c1-14-5-4-6-15(9-14)24(33)34-22-16(10-17(25)11-20(22)27)12-29-30-21(31)13-28-23(32)18-7-2-3-8-19(18)26/h2-12H,13H2,1H3,(H,28,32)(H,30,31)/b29-12-. The maximum absolute atomic E-state index is 12.6. The Kier molecular flexibility index (Phi) is 9.14. The van der Waals surface area contributed by atoms with Crippen molar-refractivity contribution in [1.82, 2.24) is 10.7 Å². The van der Waals surface area contributed by atoms with Crippen LogP contribution in [-0.4, -0.2) is 30.5 Å². The summed E-state index contributed by atoms with van der Waals surface area (Å²) in [5.41, 5.74) is 4.54. The van der Waals surface area contributed by atoms with Crippen molar-refractivity contribution in [2.45, 2.75) is 6.92 Å². The van der Waals surface area contributed by atoms with Crippen molar-refractivity contribution in [3.05, 3.63) is 96.3 Å². The van der Waals surface area contributed by atoms with Gasteiger partial charge >= 0.3 is 5.97 Å². The van der Waals surface area contributed by atoms with Crippen molar-refractivity contribution in [2.24, 2.45) is 5.10 Å². The van der Waals surface area contributed by atoms with E-state index < -0.39 is 17.8 Å². The highest BCUT2D eigenvalue weighted by atomic mass is 79.9. The first-order chi connectivity index (χ1) is 16.2. The molecule has 0 aliphatic carbocycles. The molecule has 2 N–H and O–H groups in total. The van der Waals surface area contributed by atoms with Crippen LogP contribution in [0.3, 0.4) is 0 Å². The van der Waals surface area contributed by atoms with Crippen LogP contribution in [0, 0.1) is 6.92 Å². The number of benzene rings is 3. The average Bonchev–Trinajstić information content (AvgIpc) is 2.79. The third-order valence-electron chi connectivity index (χ3n) is 4.41. The summed E-state index contributed by atoms with van der Waals surface area (Å²) in [5.74, 6) is -1.20. The van der Waals surface area contributed by atoms with Gasteiger partial charge in [0.25, 0.3) is 11.8 Å². The molecule has 3 rings (SSSR count). The third-order valence-corrected chi connectivity index (χ3v) is 6.14. The van der Waals surface area contributed by atoms with Gasteiger partial charge in [0.1, 0.15) is 0 Å². The largest absolute Gasteiger partial charge is 0.421 e. The van der Waals surface area contributed by atoms with Crippen molar-refractivity contribution >= 4 is 71.8 Å². The molecule has 2 amide bonds. The summed E-state index contributed by atoms with van der Waals surface area (Å²) in [6.45, 7) is 1.61. The quantitative estimate of drug-likeness (QED) is 0.155. The van der Waals surface area contributed by atoms with Crippen molar-refractivity contribution in [2.75, 3.05) is 6.54 Å². The molecule has 0 aromatic heterocycles. The van der Waals surface area contributed by atoms with Gasteiger partial charge in [-0.3, -0.25) is 9.59 Å². The minimum absolute atomic E-state index is 0.245. The van der Waals surface area contributed by atoms with Gasteiger partial charge in [0.2, 0.25) is 0 Å². The van der Waals surface area contributed by atoms with E-state index in [0.717, 1.165) is 5.56 Å². The maximum atomic E-state index is 12.6. The number of hydrogen-bond acceptors (Lipinski definition) is 5. The fourth-order valence-corrected chi connectivity index (χ4v) is 4.63. The van der Waals surface area contributed by atoms with E-state index >= 15 is 0 Å². The Hall–Kier alpha value is -2.82. The van der Waals surface area contributed by atoms with Gasteiger partial charge in [-0.1, -0.05) is 45.8 Å². The normalized spacial score (nSPS) is 10.7. The van der Waals surface area contributed by atoms with Crippen LogP contribution >= 0.6 is 47.8 Å². The molecule has 3 aromatic carbocycles. The lowest BCUT2D eigenvalue weighted by Gasteiger charge is -2.11. The van der Waals surface area contributed by atoms with Gasteiger partial charge in [-0.15, -0.1) is 0 Å². The van der Waals surface area contributed by atoms with E-state index in [0.29, 0.717) is 30.1 Å². The molecule has 0 bridgehead atoms. The molecule has 0 spiro atoms. The van der Waals surface area contributed by atoms with Gasteiger partial charge < -0.3 is 10.1 Å². The Morgan fingerprint density at radius 2 is 1.74 bits per heavy atom. The number of rotatable bonds is 7. The molecular weight excluding hydrogens is 634 g/mol. The lowest BCUT2D eigenvalue weighted by Crippen LogP contribution is -2.35. The summed E-state index contributed by atoms with van der Waals surface area (Å²) in [6.07, 6.45) is 1.35. The number of hydrogen-bond donors (Lipinski definition) is 2. The Bertz CT molecular complexity index is 1280. The SMILES string of the molecule is Cc1cccc(C(=O)Oc2c(Br)cc(Br)cc2/C=N\NC(=O)CNC(=O)c2ccccc2Br)c1. The van der Waals surface area contributed by atoms with Gasteiger partial charge in [-0.05, 0) is 75.2 Å². The van der Waals surface area contributed by atoms with Crippen LogP contribution in [0.15, 0.2) is 79.2 Å². The predicted octanol–water partition coefficient (Wildman–Crippen LogP) is 5.38. The summed E-state index contributed by atoms with van der Waals surface area (Å²) in [7, 11) is 0. The first kappa shape index (κ1) is 25.8. The average molecular weight is 652 g/mol. The number of hydrazone groups is 1. The van der Waals surface area contributed by atoms with E-state index in [2.05, 4.69) is 63.6 Å². The summed E-state index contributed by atoms with van der Waals surface area (Å²) in [4.78, 5) is 36.9. The van der Waals surface area contributed by atoms with Crippen molar-refractivity contribution < 1.29 is 19.1 Å². The van der Waals surface area contributed by atoms with Crippen LogP contribution in [0.25, 0.3) is 0 Å². The zero-order valence-corrected chi connectivity index (χ0v) is 22.5. The molecular formula is C24H18Br3N3O4. The highest BCUT2D eigenvalue weighted by molar-refractivity contribution is 9.11. The van der Waals surface area contributed by atoms with Gasteiger partial charge in [0, 0.05) is 14.5 Å². The molecule has 174 valence electrons. The van der Waals surface area contributed by atoms with E-state index in [1.54, 1.807) is 54.6 Å². The number of nitrogens with one attached hydrogen (secondary N) is 2. The van der Waals surface area contributed by atoms with Crippen LogP contribution in [-0.2, 0) is 4.79 Å². The summed E-state index contributed by atoms with van der Waals surface area (Å²) in [6, 6.07) is 17.4. The molecule has 0 unspecified atom stereocenters. The second-order valence-corrected chi connectivity index (χ2v) is 9.65. The van der Waals surface area contributed by atoms with Crippen LogP contribution in [0.5, 0.6) is 5.75 Å². The molecule has 0 radical (unpaired) electrons. The Morgan fingerprint density at radius 3 is 2.47 bits per heavy atom. The van der Waals surface area contributed by atoms with E-state index in [1.165, 1.54) is 6.21 Å². The zero-order valence-electron chi connectivity index (χ0n) is 17.8. The Morgan fingerprint density at radius 1 is 0.971 bits per heavy atom. The lowest BCUT2D eigenvalue weighted by molar-refractivity contribution is -0.120. The zero-order chi connectivity index (χ0) is 24.7. The molecule has 0 aliphatic heterocycles. The molecule has 10 heteroatoms. The number of amides is 2. The van der Waals surface area contributed by atoms with Crippen LogP contribution in [0.2, 0.25) is 0 Å². The number of ether oxygens (including phenoxy) is 1. The van der Waals surface area contributed by atoms with Crippen molar-refractivity contribution in [3.63, 3.8) is 0 Å². The van der Waals surface area contributed by atoms with E-state index in [-0.39, 0.29) is 12.3 Å². The van der Waals surface area contributed by atoms with Gasteiger partial charge in [0.15, 0.2) is 5.75 Å². The fourth-order valence-electron chi connectivity index (χ4n) is 2.82. The topological polar surface area (TPSA) is 96.9 Å². The summed E-state index contributed by atoms with van der Waals surface area (Å²) in [5, 5.41) is 6.46.